The van der Waals surface area contributed by atoms with E-state index in [1.807, 2.05) is 6.92 Å². The summed E-state index contributed by atoms with van der Waals surface area (Å²) in [6, 6.07) is 3.10. The van der Waals surface area contributed by atoms with Gasteiger partial charge in [0.15, 0.2) is 0 Å². The van der Waals surface area contributed by atoms with E-state index in [0.717, 1.165) is 23.1 Å². The van der Waals surface area contributed by atoms with Gasteiger partial charge in [-0.05, 0) is 24.5 Å². The Kier molecular flexibility index (Phi) is 5.73. The van der Waals surface area contributed by atoms with Gasteiger partial charge in [-0.1, -0.05) is 34.5 Å². The largest absolute Gasteiger partial charge is 0.250 e. The maximum Gasteiger partial charge on any atom is 0.250 e. The number of alkyl halides is 1. The molecule has 1 atom stereocenters. The molecular formula is C9H13BrClNO2S2. The van der Waals surface area contributed by atoms with Gasteiger partial charge in [0, 0.05) is 11.9 Å². The second-order valence-corrected chi connectivity index (χ2v) is 8.00. The average molecular weight is 347 g/mol. The van der Waals surface area contributed by atoms with Crippen LogP contribution in [0, 0.1) is 5.92 Å². The van der Waals surface area contributed by atoms with Crippen molar-refractivity contribution in [3.8, 4) is 0 Å². The molecule has 1 heterocycles. The van der Waals surface area contributed by atoms with Gasteiger partial charge >= 0.3 is 0 Å². The Morgan fingerprint density at radius 1 is 1.56 bits per heavy atom. The fourth-order valence-electron chi connectivity index (χ4n) is 1.05. The zero-order chi connectivity index (χ0) is 12.2. The highest BCUT2D eigenvalue weighted by atomic mass is 79.9. The van der Waals surface area contributed by atoms with Crippen LogP contribution in [0.25, 0.3) is 0 Å². The molecule has 0 radical (unpaired) electrons. The van der Waals surface area contributed by atoms with Crippen molar-refractivity contribution in [3.05, 3.63) is 16.5 Å². The van der Waals surface area contributed by atoms with Gasteiger partial charge in [-0.15, -0.1) is 11.3 Å². The van der Waals surface area contributed by atoms with Gasteiger partial charge in [-0.2, -0.15) is 0 Å². The summed E-state index contributed by atoms with van der Waals surface area (Å²) in [4.78, 5) is 0. The van der Waals surface area contributed by atoms with E-state index < -0.39 is 10.0 Å². The molecule has 3 nitrogen and oxygen atoms in total. The fourth-order valence-corrected chi connectivity index (χ4v) is 4.53. The number of hydrogen-bond donors (Lipinski definition) is 1. The summed E-state index contributed by atoms with van der Waals surface area (Å²) in [5.41, 5.74) is 0. The van der Waals surface area contributed by atoms with Gasteiger partial charge < -0.3 is 0 Å². The minimum atomic E-state index is -3.38. The molecule has 1 aromatic heterocycles. The predicted octanol–water partition coefficient (Wildman–Crippen LogP) is 3.10. The van der Waals surface area contributed by atoms with Gasteiger partial charge in [0.2, 0.25) is 10.0 Å². The Bertz CT molecular complexity index is 432. The lowest BCUT2D eigenvalue weighted by Gasteiger charge is -2.10. The molecule has 1 aromatic rings. The van der Waals surface area contributed by atoms with Crippen molar-refractivity contribution in [2.45, 2.75) is 17.6 Å². The molecule has 1 rings (SSSR count). The third kappa shape index (κ3) is 4.33. The zero-order valence-electron chi connectivity index (χ0n) is 8.74. The normalized spacial score (nSPS) is 13.9. The molecule has 0 aliphatic heterocycles. The zero-order valence-corrected chi connectivity index (χ0v) is 12.7. The molecule has 0 bridgehead atoms. The van der Waals surface area contributed by atoms with Gasteiger partial charge in [0.25, 0.3) is 0 Å². The lowest BCUT2D eigenvalue weighted by Crippen LogP contribution is -2.28. The Balaban J connectivity index is 2.59. The van der Waals surface area contributed by atoms with E-state index in [1.54, 1.807) is 6.07 Å². The van der Waals surface area contributed by atoms with Gasteiger partial charge in [-0.3, -0.25) is 0 Å². The number of thiophene rings is 1. The van der Waals surface area contributed by atoms with E-state index >= 15 is 0 Å². The quantitative estimate of drug-likeness (QED) is 0.805. The van der Waals surface area contributed by atoms with E-state index in [-0.39, 0.29) is 4.21 Å². The first kappa shape index (κ1) is 14.4. The number of sulfonamides is 1. The molecule has 1 unspecified atom stereocenters. The Morgan fingerprint density at radius 3 is 2.75 bits per heavy atom. The van der Waals surface area contributed by atoms with Crippen LogP contribution in [0.2, 0.25) is 4.34 Å². The molecule has 92 valence electrons. The van der Waals surface area contributed by atoms with Crippen molar-refractivity contribution in [2.75, 3.05) is 11.9 Å². The lowest BCUT2D eigenvalue weighted by molar-refractivity contribution is 0.533. The second-order valence-electron chi connectivity index (χ2n) is 3.49. The van der Waals surface area contributed by atoms with Crippen molar-refractivity contribution >= 4 is 48.9 Å². The molecule has 0 aromatic carbocycles. The standard InChI is InChI=1S/C9H13BrClNO2S2/c1-7(4-5-10)6-12-16(13,14)9-3-2-8(11)15-9/h2-3,7,12H,4-6H2,1H3. The molecule has 1 N–H and O–H groups in total. The molecular weight excluding hydrogens is 334 g/mol. The highest BCUT2D eigenvalue weighted by Gasteiger charge is 2.17. The number of hydrogen-bond acceptors (Lipinski definition) is 3. The minimum Gasteiger partial charge on any atom is -0.210 e. The molecule has 0 spiro atoms. The SMILES string of the molecule is CC(CCBr)CNS(=O)(=O)c1ccc(Cl)s1. The van der Waals surface area contributed by atoms with E-state index in [2.05, 4.69) is 20.7 Å². The first-order valence-corrected chi connectivity index (χ1v) is 8.56. The molecule has 0 saturated carbocycles. The van der Waals surface area contributed by atoms with Crippen LogP contribution in [-0.2, 0) is 10.0 Å². The number of halogens is 2. The smallest absolute Gasteiger partial charge is 0.210 e. The van der Waals surface area contributed by atoms with E-state index in [0.29, 0.717) is 16.8 Å². The van der Waals surface area contributed by atoms with E-state index in [9.17, 15) is 8.42 Å². The van der Waals surface area contributed by atoms with E-state index in [1.165, 1.54) is 6.07 Å². The van der Waals surface area contributed by atoms with Gasteiger partial charge in [0.05, 0.1) is 4.34 Å². The molecule has 0 amide bonds. The van der Waals surface area contributed by atoms with Crippen molar-refractivity contribution in [1.82, 2.24) is 4.72 Å². The minimum absolute atomic E-state index is 0.267. The van der Waals surface area contributed by atoms with Crippen molar-refractivity contribution < 1.29 is 8.42 Å². The molecule has 0 aliphatic rings. The summed E-state index contributed by atoms with van der Waals surface area (Å²) in [7, 11) is -3.38. The Morgan fingerprint density at radius 2 is 2.25 bits per heavy atom. The first-order chi connectivity index (χ1) is 7.45. The fraction of sp³-hybridized carbons (Fsp3) is 0.556. The van der Waals surface area contributed by atoms with Crippen LogP contribution in [0.3, 0.4) is 0 Å². The second kappa shape index (κ2) is 6.35. The highest BCUT2D eigenvalue weighted by Crippen LogP contribution is 2.25. The Labute approximate surface area is 113 Å². The molecule has 0 fully saturated rings. The van der Waals surface area contributed by atoms with Gasteiger partial charge in [-0.25, -0.2) is 13.1 Å². The monoisotopic (exact) mass is 345 g/mol. The van der Waals surface area contributed by atoms with Crippen LogP contribution in [0.15, 0.2) is 16.3 Å². The van der Waals surface area contributed by atoms with Crippen molar-refractivity contribution in [3.63, 3.8) is 0 Å². The summed E-state index contributed by atoms with van der Waals surface area (Å²) in [6.07, 6.45) is 0.938. The van der Waals surface area contributed by atoms with Crippen LogP contribution in [0.1, 0.15) is 13.3 Å². The van der Waals surface area contributed by atoms with Crippen LogP contribution in [-0.4, -0.2) is 20.3 Å². The molecule has 0 saturated heterocycles. The van der Waals surface area contributed by atoms with Crippen LogP contribution >= 0.6 is 38.9 Å². The van der Waals surface area contributed by atoms with Crippen molar-refractivity contribution in [2.24, 2.45) is 5.92 Å². The van der Waals surface area contributed by atoms with Crippen LogP contribution in [0.4, 0.5) is 0 Å². The third-order valence-electron chi connectivity index (χ3n) is 2.04. The summed E-state index contributed by atoms with van der Waals surface area (Å²) in [5.74, 6) is 0.310. The third-order valence-corrected chi connectivity index (χ3v) is 5.64. The predicted molar refractivity (Wildman–Crippen MR) is 72.1 cm³/mol. The van der Waals surface area contributed by atoms with Gasteiger partial charge in [0.1, 0.15) is 4.21 Å². The highest BCUT2D eigenvalue weighted by molar-refractivity contribution is 9.09. The maximum atomic E-state index is 11.8. The molecule has 0 aliphatic carbocycles. The lowest BCUT2D eigenvalue weighted by atomic mass is 10.1. The van der Waals surface area contributed by atoms with Crippen LogP contribution < -0.4 is 4.72 Å². The topological polar surface area (TPSA) is 46.2 Å². The summed E-state index contributed by atoms with van der Waals surface area (Å²) >= 11 is 10.1. The van der Waals surface area contributed by atoms with Crippen LogP contribution in [0.5, 0.6) is 0 Å². The number of rotatable bonds is 6. The Hall–Kier alpha value is 0.380. The first-order valence-electron chi connectivity index (χ1n) is 4.76. The van der Waals surface area contributed by atoms with E-state index in [4.69, 9.17) is 11.6 Å². The summed E-state index contributed by atoms with van der Waals surface area (Å²) in [6.45, 7) is 2.45. The average Bonchev–Trinajstić information content (AvgIpc) is 2.63. The molecule has 7 heteroatoms. The summed E-state index contributed by atoms with van der Waals surface area (Å²) in [5, 5.41) is 0.876. The summed E-state index contributed by atoms with van der Waals surface area (Å²) < 4.78 is 26.9. The number of nitrogens with one attached hydrogen (secondary N) is 1. The maximum absolute atomic E-state index is 11.8. The van der Waals surface area contributed by atoms with Crippen molar-refractivity contribution in [1.29, 1.82) is 0 Å². The molecule has 16 heavy (non-hydrogen) atoms.